The standard InChI is InChI=1S/C19H18N2O/c1-3-14-21-17-10-6-5-9-16(17)20-19(21)13-12-15-8-4-7-11-18(15)22-2/h3-13H,1,14H2,2H3/b13-12+. The molecule has 0 saturated carbocycles. The second-order valence-corrected chi connectivity index (χ2v) is 4.93. The predicted molar refractivity (Wildman–Crippen MR) is 91.9 cm³/mol. The fraction of sp³-hybridized carbons (Fsp3) is 0.105. The number of allylic oxidation sites excluding steroid dienone is 1. The van der Waals surface area contributed by atoms with E-state index in [0.29, 0.717) is 0 Å². The third-order valence-corrected chi connectivity index (χ3v) is 3.55. The van der Waals surface area contributed by atoms with E-state index >= 15 is 0 Å². The quantitative estimate of drug-likeness (QED) is 0.651. The molecule has 0 aliphatic heterocycles. The molecule has 0 aliphatic rings. The van der Waals surface area contributed by atoms with Gasteiger partial charge >= 0.3 is 0 Å². The first-order chi connectivity index (χ1) is 10.8. The van der Waals surface area contributed by atoms with Crippen LogP contribution in [0.25, 0.3) is 23.2 Å². The zero-order chi connectivity index (χ0) is 15.4. The molecule has 3 heteroatoms. The third-order valence-electron chi connectivity index (χ3n) is 3.55. The van der Waals surface area contributed by atoms with Crippen molar-refractivity contribution in [2.24, 2.45) is 0 Å². The Labute approximate surface area is 130 Å². The normalized spacial score (nSPS) is 11.1. The zero-order valence-electron chi connectivity index (χ0n) is 12.6. The van der Waals surface area contributed by atoms with Crippen molar-refractivity contribution in [3.8, 4) is 5.75 Å². The van der Waals surface area contributed by atoms with E-state index in [0.717, 1.165) is 34.7 Å². The zero-order valence-corrected chi connectivity index (χ0v) is 12.6. The first-order valence-electron chi connectivity index (χ1n) is 7.20. The highest BCUT2D eigenvalue weighted by atomic mass is 16.5. The number of hydrogen-bond acceptors (Lipinski definition) is 2. The second kappa shape index (κ2) is 6.31. The van der Waals surface area contributed by atoms with Crippen LogP contribution in [-0.2, 0) is 6.54 Å². The van der Waals surface area contributed by atoms with Gasteiger partial charge in [-0.15, -0.1) is 6.58 Å². The Morgan fingerprint density at radius 3 is 2.68 bits per heavy atom. The Morgan fingerprint density at radius 1 is 1.09 bits per heavy atom. The lowest BCUT2D eigenvalue weighted by molar-refractivity contribution is 0.414. The maximum atomic E-state index is 5.38. The molecular weight excluding hydrogens is 272 g/mol. The van der Waals surface area contributed by atoms with Crippen molar-refractivity contribution in [3.63, 3.8) is 0 Å². The first-order valence-corrected chi connectivity index (χ1v) is 7.20. The Hall–Kier alpha value is -2.81. The molecule has 0 spiro atoms. The predicted octanol–water partition coefficient (Wildman–Crippen LogP) is 4.40. The van der Waals surface area contributed by atoms with Gasteiger partial charge in [-0.25, -0.2) is 4.98 Å². The van der Waals surface area contributed by atoms with Crippen LogP contribution < -0.4 is 4.74 Å². The largest absolute Gasteiger partial charge is 0.496 e. The Kier molecular flexibility index (Phi) is 4.05. The van der Waals surface area contributed by atoms with Crippen molar-refractivity contribution in [1.29, 1.82) is 0 Å². The summed E-state index contributed by atoms with van der Waals surface area (Å²) in [5, 5.41) is 0. The first kappa shape index (κ1) is 14.1. The molecule has 2 aromatic carbocycles. The average molecular weight is 290 g/mol. The average Bonchev–Trinajstić information content (AvgIpc) is 2.91. The number of aromatic nitrogens is 2. The Balaban J connectivity index is 2.04. The van der Waals surface area contributed by atoms with Crippen molar-refractivity contribution in [2.45, 2.75) is 6.54 Å². The molecule has 1 heterocycles. The number of methoxy groups -OCH3 is 1. The molecule has 0 radical (unpaired) electrons. The Bertz CT molecular complexity index is 830. The molecular formula is C19H18N2O. The van der Waals surface area contributed by atoms with E-state index in [9.17, 15) is 0 Å². The minimum Gasteiger partial charge on any atom is -0.496 e. The highest BCUT2D eigenvalue weighted by Crippen LogP contribution is 2.22. The van der Waals surface area contributed by atoms with Gasteiger partial charge in [0.05, 0.1) is 18.1 Å². The molecule has 3 rings (SSSR count). The summed E-state index contributed by atoms with van der Waals surface area (Å²) in [4.78, 5) is 4.69. The smallest absolute Gasteiger partial charge is 0.134 e. The van der Waals surface area contributed by atoms with Gasteiger partial charge in [-0.05, 0) is 30.4 Å². The summed E-state index contributed by atoms with van der Waals surface area (Å²) in [5.74, 6) is 1.76. The summed E-state index contributed by atoms with van der Waals surface area (Å²) in [5.41, 5.74) is 3.13. The number of fused-ring (bicyclic) bond motifs is 1. The molecule has 0 N–H and O–H groups in total. The van der Waals surface area contributed by atoms with Gasteiger partial charge in [0.1, 0.15) is 11.6 Å². The van der Waals surface area contributed by atoms with E-state index in [-0.39, 0.29) is 0 Å². The van der Waals surface area contributed by atoms with Gasteiger partial charge in [0.2, 0.25) is 0 Å². The molecule has 3 aromatic rings. The highest BCUT2D eigenvalue weighted by Gasteiger charge is 2.06. The van der Waals surface area contributed by atoms with E-state index in [1.807, 2.05) is 60.7 Å². The number of nitrogens with zero attached hydrogens (tertiary/aromatic N) is 2. The summed E-state index contributed by atoms with van der Waals surface area (Å²) in [6.07, 6.45) is 5.93. The number of para-hydroxylation sites is 3. The molecule has 22 heavy (non-hydrogen) atoms. The maximum Gasteiger partial charge on any atom is 0.134 e. The van der Waals surface area contributed by atoms with Crippen LogP contribution in [0.1, 0.15) is 11.4 Å². The fourth-order valence-electron chi connectivity index (χ4n) is 2.51. The van der Waals surface area contributed by atoms with Crippen LogP contribution in [0.5, 0.6) is 5.75 Å². The number of ether oxygens (including phenoxy) is 1. The van der Waals surface area contributed by atoms with Crippen LogP contribution in [0.2, 0.25) is 0 Å². The summed E-state index contributed by atoms with van der Waals surface area (Å²) < 4.78 is 7.52. The lowest BCUT2D eigenvalue weighted by Gasteiger charge is -2.04. The number of imidazole rings is 1. The summed E-state index contributed by atoms with van der Waals surface area (Å²) in [6, 6.07) is 16.1. The molecule has 0 atom stereocenters. The van der Waals surface area contributed by atoms with Crippen molar-refractivity contribution in [2.75, 3.05) is 7.11 Å². The van der Waals surface area contributed by atoms with Gasteiger partial charge in [-0.2, -0.15) is 0 Å². The highest BCUT2D eigenvalue weighted by molar-refractivity contribution is 5.80. The van der Waals surface area contributed by atoms with E-state index in [4.69, 9.17) is 4.74 Å². The van der Waals surface area contributed by atoms with Crippen LogP contribution in [-0.4, -0.2) is 16.7 Å². The van der Waals surface area contributed by atoms with Crippen LogP contribution in [0.15, 0.2) is 61.2 Å². The molecule has 3 nitrogen and oxygen atoms in total. The molecule has 0 amide bonds. The molecule has 0 aliphatic carbocycles. The van der Waals surface area contributed by atoms with Crippen molar-refractivity contribution in [1.82, 2.24) is 9.55 Å². The van der Waals surface area contributed by atoms with Crippen LogP contribution in [0.3, 0.4) is 0 Å². The number of rotatable bonds is 5. The van der Waals surface area contributed by atoms with E-state index in [1.54, 1.807) is 7.11 Å². The topological polar surface area (TPSA) is 27.1 Å². The molecule has 0 saturated heterocycles. The minimum absolute atomic E-state index is 0.728. The summed E-state index contributed by atoms with van der Waals surface area (Å²) in [6.45, 7) is 4.56. The van der Waals surface area contributed by atoms with Crippen LogP contribution >= 0.6 is 0 Å². The van der Waals surface area contributed by atoms with Gasteiger partial charge < -0.3 is 9.30 Å². The Morgan fingerprint density at radius 2 is 1.86 bits per heavy atom. The lowest BCUT2D eigenvalue weighted by atomic mass is 10.2. The van der Waals surface area contributed by atoms with E-state index in [1.165, 1.54) is 0 Å². The van der Waals surface area contributed by atoms with Crippen molar-refractivity contribution < 1.29 is 4.74 Å². The number of benzene rings is 2. The maximum absolute atomic E-state index is 5.38. The SMILES string of the molecule is C=CCn1c(/C=C/c2ccccc2OC)nc2ccccc21. The van der Waals surface area contributed by atoms with Gasteiger partial charge in [0, 0.05) is 12.1 Å². The number of hydrogen-bond donors (Lipinski definition) is 0. The minimum atomic E-state index is 0.728. The lowest BCUT2D eigenvalue weighted by Crippen LogP contribution is -1.97. The van der Waals surface area contributed by atoms with Crippen LogP contribution in [0, 0.1) is 0 Å². The molecule has 1 aromatic heterocycles. The molecule has 0 fully saturated rings. The second-order valence-electron chi connectivity index (χ2n) is 4.93. The van der Waals surface area contributed by atoms with E-state index < -0.39 is 0 Å². The van der Waals surface area contributed by atoms with Crippen molar-refractivity contribution in [3.05, 3.63) is 72.6 Å². The van der Waals surface area contributed by atoms with Crippen molar-refractivity contribution >= 4 is 23.2 Å². The van der Waals surface area contributed by atoms with Crippen LogP contribution in [0.4, 0.5) is 0 Å². The van der Waals surface area contributed by atoms with Gasteiger partial charge in [0.15, 0.2) is 0 Å². The van der Waals surface area contributed by atoms with E-state index in [2.05, 4.69) is 22.2 Å². The molecule has 0 bridgehead atoms. The monoisotopic (exact) mass is 290 g/mol. The third kappa shape index (κ3) is 2.66. The van der Waals surface area contributed by atoms with Gasteiger partial charge in [-0.3, -0.25) is 0 Å². The van der Waals surface area contributed by atoms with Gasteiger partial charge in [0.25, 0.3) is 0 Å². The molecule has 110 valence electrons. The summed E-state index contributed by atoms with van der Waals surface area (Å²) in [7, 11) is 1.68. The fourth-order valence-corrected chi connectivity index (χ4v) is 2.51. The summed E-state index contributed by atoms with van der Waals surface area (Å²) >= 11 is 0. The molecule has 0 unspecified atom stereocenters. The van der Waals surface area contributed by atoms with Gasteiger partial charge in [-0.1, -0.05) is 36.4 Å².